The van der Waals surface area contributed by atoms with Crippen LogP contribution in [0, 0.1) is 0 Å². The van der Waals surface area contributed by atoms with E-state index in [0.29, 0.717) is 0 Å². The van der Waals surface area contributed by atoms with Crippen molar-refractivity contribution >= 4 is 103 Å². The summed E-state index contributed by atoms with van der Waals surface area (Å²) in [5.41, 5.74) is 8.70. The molecule has 67 heavy (non-hydrogen) atoms. The molecule has 2 unspecified atom stereocenters. The number of fused-ring (bicyclic) bond motifs is 13. The number of furan rings is 1. The molecule has 14 rings (SSSR count). The quantitative estimate of drug-likeness (QED) is 0.130. The summed E-state index contributed by atoms with van der Waals surface area (Å²) in [6.07, 6.45) is 0. The zero-order valence-corrected chi connectivity index (χ0v) is 38.9. The molecule has 1 aromatic heterocycles. The summed E-state index contributed by atoms with van der Waals surface area (Å²) in [5.74, 6) is 0. The first-order chi connectivity index (χ1) is 33.1. The summed E-state index contributed by atoms with van der Waals surface area (Å²) in [4.78, 5) is 4.85. The van der Waals surface area contributed by atoms with Gasteiger partial charge in [-0.1, -0.05) is 206 Å². The Bertz CT molecular complexity index is 3760. The van der Waals surface area contributed by atoms with Gasteiger partial charge in [-0.3, -0.25) is 0 Å². The van der Waals surface area contributed by atoms with Crippen molar-refractivity contribution in [3.8, 4) is 0 Å². The van der Waals surface area contributed by atoms with Crippen molar-refractivity contribution in [1.29, 1.82) is 0 Å². The molecule has 3 nitrogen and oxygen atoms in total. The topological polar surface area (TPSA) is 33.5 Å². The molecule has 316 valence electrons. The molecule has 0 saturated carbocycles. The van der Waals surface area contributed by atoms with Crippen LogP contribution in [0.3, 0.4) is 0 Å². The molecule has 6 heteroatoms. The first-order valence-electron chi connectivity index (χ1n) is 22.9. The van der Waals surface area contributed by atoms with Crippen molar-refractivity contribution in [3.05, 3.63) is 265 Å². The highest BCUT2D eigenvalue weighted by molar-refractivity contribution is 7.99. The maximum Gasteiger partial charge on any atom is 0.184 e. The van der Waals surface area contributed by atoms with E-state index in [2.05, 4.69) is 205 Å². The monoisotopic (exact) mass is 909 g/mol. The Kier molecular flexibility index (Phi) is 8.43. The lowest BCUT2D eigenvalue weighted by Gasteiger charge is -2.48. The molecule has 0 radical (unpaired) electrons. The molecule has 11 aromatic rings. The number of para-hydroxylation sites is 3. The van der Waals surface area contributed by atoms with E-state index in [1.165, 1.54) is 53.0 Å². The Balaban J connectivity index is 1.06. The van der Waals surface area contributed by atoms with Crippen molar-refractivity contribution in [2.45, 2.75) is 15.2 Å². The molecule has 3 aliphatic heterocycles. The van der Waals surface area contributed by atoms with Crippen LogP contribution in [-0.2, 0) is 9.98 Å². The third kappa shape index (κ3) is 5.17. The first kappa shape index (κ1) is 38.8. The number of rotatable bonds is 4. The molecule has 1 spiro atoms. The van der Waals surface area contributed by atoms with Crippen LogP contribution in [0.15, 0.2) is 257 Å². The second-order valence-electron chi connectivity index (χ2n) is 17.8. The van der Waals surface area contributed by atoms with E-state index in [-0.39, 0.29) is 0 Å². The van der Waals surface area contributed by atoms with Gasteiger partial charge in [0.05, 0.1) is 5.41 Å². The van der Waals surface area contributed by atoms with E-state index in [1.807, 2.05) is 54.2 Å². The molecule has 0 saturated heterocycles. The van der Waals surface area contributed by atoms with E-state index >= 15 is 4.57 Å². The summed E-state index contributed by atoms with van der Waals surface area (Å²) < 4.78 is 23.3. The molecule has 10 aromatic carbocycles. The van der Waals surface area contributed by atoms with Crippen molar-refractivity contribution in [2.24, 2.45) is 0 Å². The lowest BCUT2D eigenvalue weighted by atomic mass is 9.64. The highest BCUT2D eigenvalue weighted by Gasteiger charge is 2.55. The standard InChI is InChI=1S/C61H40NO2PSSi/c63-65(42-20-4-1-5-21-42)55-32-16-11-27-47(55)61(50-39-46-45-26-10-15-31-53(45)64-54(46)40-56(50)65)48-28-12-17-33-57(48)66-58-38-41(36-37-49(58)61)62-51-29-13-18-34-59(51)67(43-22-6-2-7-23-43,44-24-8-3-9-25-44)60-35-19-14-30-52(60)62/h1-40H. The van der Waals surface area contributed by atoms with Gasteiger partial charge in [-0.25, -0.2) is 0 Å². The smallest absolute Gasteiger partial charge is 0.184 e. The minimum absolute atomic E-state index is 0.743. The van der Waals surface area contributed by atoms with E-state index < -0.39 is 20.6 Å². The molecule has 0 aliphatic carbocycles. The fourth-order valence-electron chi connectivity index (χ4n) is 12.0. The number of hydrogen-bond donors (Lipinski definition) is 0. The lowest BCUT2D eigenvalue weighted by molar-refractivity contribution is 0.589. The van der Waals surface area contributed by atoms with Crippen LogP contribution in [0.5, 0.6) is 0 Å². The summed E-state index contributed by atoms with van der Waals surface area (Å²) >= 11 is 1.83. The largest absolute Gasteiger partial charge is 0.456 e. The lowest BCUT2D eigenvalue weighted by Crippen LogP contribution is -2.77. The molecule has 3 aliphatic rings. The SMILES string of the molecule is O=P1(c2ccccc2)c2ccccc2C2(c3ccccc3Sc3cc(N4c5ccccc5[Si](c5ccccc5)(c5ccccc5)c5ccccc54)ccc32)c2cc3c(cc21)oc1ccccc13. The molecule has 0 bridgehead atoms. The number of nitrogens with zero attached hydrogens (tertiary/aromatic N) is 1. The fraction of sp³-hybridized carbons (Fsp3) is 0.0164. The maximum atomic E-state index is 16.7. The second kappa shape index (κ2) is 14.5. The van der Waals surface area contributed by atoms with Crippen molar-refractivity contribution in [3.63, 3.8) is 0 Å². The van der Waals surface area contributed by atoms with E-state index in [9.17, 15) is 0 Å². The summed E-state index contributed by atoms with van der Waals surface area (Å²) in [6, 6.07) is 87.9. The highest BCUT2D eigenvalue weighted by atomic mass is 32.2. The van der Waals surface area contributed by atoms with Crippen molar-refractivity contribution in [1.82, 2.24) is 0 Å². The van der Waals surface area contributed by atoms with Crippen molar-refractivity contribution in [2.75, 3.05) is 4.90 Å². The molecular weight excluding hydrogens is 870 g/mol. The Morgan fingerprint density at radius 1 is 0.433 bits per heavy atom. The predicted octanol–water partition coefficient (Wildman–Crippen LogP) is 11.5. The van der Waals surface area contributed by atoms with Crippen LogP contribution >= 0.6 is 18.9 Å². The van der Waals surface area contributed by atoms with Crippen LogP contribution in [0.2, 0.25) is 0 Å². The van der Waals surface area contributed by atoms with Crippen LogP contribution in [0.4, 0.5) is 17.1 Å². The summed E-state index contributed by atoms with van der Waals surface area (Å²) in [6.45, 7) is 0. The Labute approximate surface area is 394 Å². The molecular formula is C61H40NO2PSSi. The Morgan fingerprint density at radius 3 is 1.72 bits per heavy atom. The van der Waals surface area contributed by atoms with Gasteiger partial charge >= 0.3 is 0 Å². The number of benzene rings is 10. The van der Waals surface area contributed by atoms with E-state index in [1.54, 1.807) is 0 Å². The number of anilines is 3. The predicted molar refractivity (Wildman–Crippen MR) is 281 cm³/mol. The van der Waals surface area contributed by atoms with Gasteiger partial charge in [-0.05, 0) is 91.5 Å². The normalized spacial score (nSPS) is 18.4. The minimum Gasteiger partial charge on any atom is -0.456 e. The average Bonchev–Trinajstić information content (AvgIpc) is 3.77. The van der Waals surface area contributed by atoms with Gasteiger partial charge in [0.25, 0.3) is 0 Å². The van der Waals surface area contributed by atoms with E-state index in [0.717, 1.165) is 54.7 Å². The van der Waals surface area contributed by atoms with Crippen LogP contribution in [-0.4, -0.2) is 8.07 Å². The zero-order valence-electron chi connectivity index (χ0n) is 36.2. The van der Waals surface area contributed by atoms with Crippen molar-refractivity contribution < 1.29 is 8.98 Å². The zero-order chi connectivity index (χ0) is 44.3. The third-order valence-corrected chi connectivity index (χ3v) is 23.8. The Hall–Kier alpha value is -7.40. The van der Waals surface area contributed by atoms with Crippen LogP contribution in [0.1, 0.15) is 22.3 Å². The van der Waals surface area contributed by atoms with Gasteiger partial charge < -0.3 is 13.9 Å². The average molecular weight is 910 g/mol. The van der Waals surface area contributed by atoms with Gasteiger partial charge in [0.1, 0.15) is 11.2 Å². The Morgan fingerprint density at radius 2 is 1.00 bits per heavy atom. The van der Waals surface area contributed by atoms with Gasteiger partial charge in [0.2, 0.25) is 0 Å². The van der Waals surface area contributed by atoms with E-state index in [4.69, 9.17) is 4.42 Å². The summed E-state index contributed by atoms with van der Waals surface area (Å²) in [5, 5.41) is 10.0. The summed E-state index contributed by atoms with van der Waals surface area (Å²) in [7, 11) is -6.25. The molecule has 0 fully saturated rings. The maximum absolute atomic E-state index is 16.7. The van der Waals surface area contributed by atoms with Crippen LogP contribution < -0.4 is 41.6 Å². The third-order valence-electron chi connectivity index (χ3n) is 14.7. The van der Waals surface area contributed by atoms with Crippen LogP contribution in [0.25, 0.3) is 21.9 Å². The van der Waals surface area contributed by atoms with Gasteiger partial charge in [-0.15, -0.1) is 0 Å². The number of hydrogen-bond acceptors (Lipinski definition) is 4. The molecule has 0 N–H and O–H groups in total. The fourth-order valence-corrected chi connectivity index (χ4v) is 21.5. The molecule has 2 atom stereocenters. The highest BCUT2D eigenvalue weighted by Crippen LogP contribution is 2.62. The molecule has 4 heterocycles. The minimum atomic E-state index is -3.45. The first-order valence-corrected chi connectivity index (χ1v) is 27.4. The second-order valence-corrected chi connectivity index (χ2v) is 25.3. The van der Waals surface area contributed by atoms with Gasteiger partial charge in [-0.2, -0.15) is 0 Å². The van der Waals surface area contributed by atoms with Gasteiger partial charge in [0.15, 0.2) is 15.2 Å². The molecule has 0 amide bonds. The van der Waals surface area contributed by atoms with Gasteiger partial charge in [0, 0.05) is 53.5 Å².